The first-order valence-electron chi connectivity index (χ1n) is 6.20. The van der Waals surface area contributed by atoms with E-state index < -0.39 is 0 Å². The Balaban J connectivity index is 2.04. The van der Waals surface area contributed by atoms with Crippen molar-refractivity contribution in [2.45, 2.75) is 32.9 Å². The van der Waals surface area contributed by atoms with Crippen LogP contribution in [0.5, 0.6) is 0 Å². The van der Waals surface area contributed by atoms with Gasteiger partial charge in [-0.25, -0.2) is 0 Å². The fourth-order valence-corrected chi connectivity index (χ4v) is 2.71. The Hall–Kier alpha value is -0.860. The summed E-state index contributed by atoms with van der Waals surface area (Å²) in [5, 5.41) is 0. The van der Waals surface area contributed by atoms with Crippen LogP contribution >= 0.6 is 0 Å². The van der Waals surface area contributed by atoms with E-state index in [0.717, 1.165) is 19.0 Å². The number of nitrogens with zero attached hydrogens (tertiary/aromatic N) is 1. The Morgan fingerprint density at radius 3 is 2.94 bits per heavy atom. The Bertz CT molecular complexity index is 348. The van der Waals surface area contributed by atoms with Crippen molar-refractivity contribution in [3.63, 3.8) is 0 Å². The number of nitrogens with two attached hydrogens (primary N) is 1. The van der Waals surface area contributed by atoms with Gasteiger partial charge in [0.1, 0.15) is 0 Å². The van der Waals surface area contributed by atoms with Crippen LogP contribution in [0.15, 0.2) is 24.3 Å². The van der Waals surface area contributed by atoms with Crippen LogP contribution in [0.3, 0.4) is 0 Å². The lowest BCUT2D eigenvalue weighted by atomic mass is 10.0. The highest BCUT2D eigenvalue weighted by atomic mass is 15.2. The minimum atomic E-state index is 0.570. The smallest absolute Gasteiger partial charge is 0.0248 e. The largest absolute Gasteiger partial charge is 0.329 e. The summed E-state index contributed by atoms with van der Waals surface area (Å²) in [7, 11) is 0. The second-order valence-electron chi connectivity index (χ2n) is 5.03. The molecule has 88 valence electrons. The molecule has 16 heavy (non-hydrogen) atoms. The highest BCUT2D eigenvalue weighted by Gasteiger charge is 2.29. The van der Waals surface area contributed by atoms with E-state index in [1.165, 1.54) is 24.1 Å². The Kier molecular flexibility index (Phi) is 3.62. The zero-order valence-corrected chi connectivity index (χ0v) is 10.3. The summed E-state index contributed by atoms with van der Waals surface area (Å²) in [6.07, 6.45) is 1.29. The molecule has 1 saturated heterocycles. The molecule has 2 nitrogen and oxygen atoms in total. The maximum Gasteiger partial charge on any atom is 0.0248 e. The van der Waals surface area contributed by atoms with Crippen molar-refractivity contribution in [3.05, 3.63) is 35.4 Å². The van der Waals surface area contributed by atoms with Crippen LogP contribution in [0.1, 0.15) is 24.5 Å². The molecule has 0 aliphatic carbocycles. The molecule has 1 fully saturated rings. The second-order valence-corrected chi connectivity index (χ2v) is 5.03. The molecule has 2 heteroatoms. The summed E-state index contributed by atoms with van der Waals surface area (Å²) in [4.78, 5) is 2.53. The van der Waals surface area contributed by atoms with Crippen LogP contribution in [-0.2, 0) is 6.54 Å². The van der Waals surface area contributed by atoms with E-state index in [1.54, 1.807) is 0 Å². The van der Waals surface area contributed by atoms with Gasteiger partial charge in [0.2, 0.25) is 0 Å². The van der Waals surface area contributed by atoms with Gasteiger partial charge in [0.05, 0.1) is 0 Å². The summed E-state index contributed by atoms with van der Waals surface area (Å²) in [5.41, 5.74) is 8.61. The normalized spacial score (nSPS) is 26.2. The van der Waals surface area contributed by atoms with E-state index in [1.807, 2.05) is 0 Å². The van der Waals surface area contributed by atoms with E-state index in [-0.39, 0.29) is 0 Å². The molecule has 1 heterocycles. The van der Waals surface area contributed by atoms with Crippen molar-refractivity contribution in [3.8, 4) is 0 Å². The van der Waals surface area contributed by atoms with Gasteiger partial charge in [-0.15, -0.1) is 0 Å². The molecule has 1 aliphatic rings. The third kappa shape index (κ3) is 2.45. The van der Waals surface area contributed by atoms with Gasteiger partial charge >= 0.3 is 0 Å². The lowest BCUT2D eigenvalue weighted by Gasteiger charge is -2.25. The van der Waals surface area contributed by atoms with Crippen LogP contribution in [-0.4, -0.2) is 24.0 Å². The molecular formula is C14H22N2. The molecule has 0 bridgehead atoms. The molecule has 2 N–H and O–H groups in total. The van der Waals surface area contributed by atoms with Gasteiger partial charge < -0.3 is 5.73 Å². The van der Waals surface area contributed by atoms with E-state index in [4.69, 9.17) is 5.73 Å². The SMILES string of the molecule is Cc1cccc(CN2CCC(C)C2CN)c1. The van der Waals surface area contributed by atoms with Crippen molar-refractivity contribution in [2.24, 2.45) is 11.7 Å². The Morgan fingerprint density at radius 2 is 2.25 bits per heavy atom. The van der Waals surface area contributed by atoms with E-state index >= 15 is 0 Å². The molecule has 2 unspecified atom stereocenters. The Labute approximate surface area is 98.4 Å². The molecule has 2 atom stereocenters. The molecule has 1 aliphatic heterocycles. The average molecular weight is 218 g/mol. The zero-order chi connectivity index (χ0) is 11.5. The fraction of sp³-hybridized carbons (Fsp3) is 0.571. The molecule has 0 spiro atoms. The zero-order valence-electron chi connectivity index (χ0n) is 10.3. The summed E-state index contributed by atoms with van der Waals surface area (Å²) < 4.78 is 0. The van der Waals surface area contributed by atoms with E-state index in [9.17, 15) is 0 Å². The van der Waals surface area contributed by atoms with Crippen LogP contribution in [0, 0.1) is 12.8 Å². The molecule has 0 saturated carbocycles. The first-order chi connectivity index (χ1) is 7.70. The van der Waals surface area contributed by atoms with Gasteiger partial charge in [-0.3, -0.25) is 4.90 Å². The van der Waals surface area contributed by atoms with Crippen molar-refractivity contribution in [1.82, 2.24) is 4.90 Å². The first kappa shape index (κ1) is 11.6. The average Bonchev–Trinajstić information content (AvgIpc) is 2.59. The number of aryl methyl sites for hydroxylation is 1. The van der Waals surface area contributed by atoms with E-state index in [2.05, 4.69) is 43.0 Å². The van der Waals surface area contributed by atoms with Gasteiger partial charge in [0.25, 0.3) is 0 Å². The third-order valence-electron chi connectivity index (χ3n) is 3.71. The minimum absolute atomic E-state index is 0.570. The van der Waals surface area contributed by atoms with Gasteiger partial charge in [-0.05, 0) is 31.4 Å². The van der Waals surface area contributed by atoms with Crippen LogP contribution in [0.2, 0.25) is 0 Å². The lowest BCUT2D eigenvalue weighted by molar-refractivity contribution is 0.228. The van der Waals surface area contributed by atoms with Crippen LogP contribution in [0.4, 0.5) is 0 Å². The predicted molar refractivity (Wildman–Crippen MR) is 68.2 cm³/mol. The van der Waals surface area contributed by atoms with Gasteiger partial charge in [-0.1, -0.05) is 36.8 Å². The minimum Gasteiger partial charge on any atom is -0.329 e. The van der Waals surface area contributed by atoms with Crippen molar-refractivity contribution < 1.29 is 0 Å². The predicted octanol–water partition coefficient (Wildman–Crippen LogP) is 2.16. The monoisotopic (exact) mass is 218 g/mol. The fourth-order valence-electron chi connectivity index (χ4n) is 2.71. The molecule has 0 aromatic heterocycles. The third-order valence-corrected chi connectivity index (χ3v) is 3.71. The molecule has 1 aromatic rings. The highest BCUT2D eigenvalue weighted by molar-refractivity contribution is 5.22. The van der Waals surface area contributed by atoms with E-state index in [0.29, 0.717) is 6.04 Å². The topological polar surface area (TPSA) is 29.3 Å². The van der Waals surface area contributed by atoms with Crippen molar-refractivity contribution in [1.29, 1.82) is 0 Å². The summed E-state index contributed by atoms with van der Waals surface area (Å²) in [6.45, 7) is 7.49. The van der Waals surface area contributed by atoms with Gasteiger partial charge in [0.15, 0.2) is 0 Å². The van der Waals surface area contributed by atoms with Crippen molar-refractivity contribution in [2.75, 3.05) is 13.1 Å². The molecule has 0 amide bonds. The molecule has 0 radical (unpaired) electrons. The summed E-state index contributed by atoms with van der Waals surface area (Å²) in [5.74, 6) is 0.745. The number of benzene rings is 1. The number of hydrogen-bond donors (Lipinski definition) is 1. The second kappa shape index (κ2) is 4.98. The molecular weight excluding hydrogens is 196 g/mol. The molecule has 2 rings (SSSR count). The maximum atomic E-state index is 5.86. The summed E-state index contributed by atoms with van der Waals surface area (Å²) in [6, 6.07) is 9.35. The van der Waals surface area contributed by atoms with Gasteiger partial charge in [0, 0.05) is 19.1 Å². The summed E-state index contributed by atoms with van der Waals surface area (Å²) >= 11 is 0. The van der Waals surface area contributed by atoms with Crippen LogP contribution in [0.25, 0.3) is 0 Å². The Morgan fingerprint density at radius 1 is 1.44 bits per heavy atom. The molecule has 1 aromatic carbocycles. The number of likely N-dealkylation sites (tertiary alicyclic amines) is 1. The standard InChI is InChI=1S/C14H22N2/c1-11-4-3-5-13(8-11)10-16-7-6-12(2)14(16)9-15/h3-5,8,12,14H,6-7,9-10,15H2,1-2H3. The number of rotatable bonds is 3. The van der Waals surface area contributed by atoms with Gasteiger partial charge in [-0.2, -0.15) is 0 Å². The maximum absolute atomic E-state index is 5.86. The highest BCUT2D eigenvalue weighted by Crippen LogP contribution is 2.24. The van der Waals surface area contributed by atoms with Crippen molar-refractivity contribution >= 4 is 0 Å². The number of hydrogen-bond acceptors (Lipinski definition) is 2. The quantitative estimate of drug-likeness (QED) is 0.842. The van der Waals surface area contributed by atoms with Crippen LogP contribution < -0.4 is 5.73 Å². The first-order valence-corrected chi connectivity index (χ1v) is 6.20. The lowest BCUT2D eigenvalue weighted by Crippen LogP contribution is -2.37.